The normalized spacial score (nSPS) is 2.65. The molecule has 0 radical (unpaired) electrons. The van der Waals surface area contributed by atoms with E-state index in [2.05, 4.69) is 0 Å². The van der Waals surface area contributed by atoms with Crippen LogP contribution in [0.25, 0.3) is 0 Å². The van der Waals surface area contributed by atoms with E-state index in [0.29, 0.717) is 0 Å². The first-order valence-corrected chi connectivity index (χ1v) is 2.71. The van der Waals surface area contributed by atoms with Gasteiger partial charge in [-0.15, -0.1) is 0 Å². The molecule has 0 bridgehead atoms. The van der Waals surface area contributed by atoms with Crippen molar-refractivity contribution in [3.05, 3.63) is 0 Å². The molecule has 30 heteroatoms. The summed E-state index contributed by atoms with van der Waals surface area (Å²) in [4.78, 5) is 8.33. The molecule has 0 aromatic rings. The van der Waals surface area contributed by atoms with Crippen LogP contribution < -0.4 is 69.3 Å². The molecule has 0 aromatic carbocycles. The van der Waals surface area contributed by atoms with Gasteiger partial charge in [-0.1, -0.05) is 0 Å². The second kappa shape index (κ2) is 299. The second-order valence-corrected chi connectivity index (χ2v) is 1.59. The Morgan fingerprint density at radius 2 is 0.419 bits per heavy atom. The van der Waals surface area contributed by atoms with Gasteiger partial charge in [-0.3, -0.25) is 9.11 Å². The van der Waals surface area contributed by atoms with Crippen molar-refractivity contribution < 1.29 is 201 Å². The number of carbonyl (C=O) groups is 1. The minimum atomic E-state index is -4.67. The Labute approximate surface area is 217 Å². The summed E-state index contributed by atoms with van der Waals surface area (Å²) in [5.74, 6) is 0. The van der Waals surface area contributed by atoms with Gasteiger partial charge in [0, 0.05) is 0 Å². The molecule has 27 nitrogen and oxygen atoms in total. The van der Waals surface area contributed by atoms with E-state index < -0.39 is 16.6 Å². The van der Waals surface area contributed by atoms with Gasteiger partial charge >= 0.3 is 69.5 Å². The minimum absolute atomic E-state index is 0. The average Bonchev–Trinajstić information content (AvgIpc) is 1.19. The fraction of sp³-hybridized carbons (Fsp3) is 0. The van der Waals surface area contributed by atoms with E-state index in [-0.39, 0.29) is 169 Å². The van der Waals surface area contributed by atoms with Crippen LogP contribution in [0.5, 0.6) is 0 Å². The number of rotatable bonds is 0. The molecule has 0 aliphatic rings. The smallest absolute Gasteiger partial charge is 0.652 e. The SMILES string of the molecule is O.O.O.O.O.O.O.O.O.O.O.O.O.O.O.O.O.O.O.O.O=C([O-])[O-].O=S(=O)(O)O.[Na+].[Na+]. The van der Waals surface area contributed by atoms with Crippen LogP contribution >= 0.6 is 0 Å². The van der Waals surface area contributed by atoms with Crippen LogP contribution in [0.2, 0.25) is 0 Å². The molecule has 0 heterocycles. The maximum absolute atomic E-state index is 8.74. The Morgan fingerprint density at radius 1 is 0.419 bits per heavy atom. The second-order valence-electron chi connectivity index (χ2n) is 0.698. The molecule has 0 fully saturated rings. The molecule has 0 aliphatic carbocycles. The molecule has 0 saturated heterocycles. The van der Waals surface area contributed by atoms with E-state index >= 15 is 0 Å². The third-order valence-electron chi connectivity index (χ3n) is 0. The molecule has 0 aliphatic heterocycles. The Bertz CT molecular complexity index is 166. The van der Waals surface area contributed by atoms with Gasteiger partial charge < -0.3 is 125 Å². The van der Waals surface area contributed by atoms with E-state index in [1.165, 1.54) is 0 Å². The Kier molecular flexibility index (Phi) is 5170. The summed E-state index contributed by atoms with van der Waals surface area (Å²) in [5, 5.41) is 16.7. The van der Waals surface area contributed by atoms with Crippen molar-refractivity contribution in [3.8, 4) is 0 Å². The van der Waals surface area contributed by atoms with Crippen molar-refractivity contribution in [2.24, 2.45) is 0 Å². The average molecular weight is 564 g/mol. The predicted molar refractivity (Wildman–Crippen MR) is 91.8 cm³/mol. The number of carboxylic acid groups (broad SMARTS) is 2. The Hall–Kier alpha value is 0.340. The quantitative estimate of drug-likeness (QED) is 0.211. The van der Waals surface area contributed by atoms with Crippen molar-refractivity contribution >= 4 is 16.6 Å². The third-order valence-corrected chi connectivity index (χ3v) is 0. The zero-order valence-electron chi connectivity index (χ0n) is 15.8. The first-order valence-electron chi connectivity index (χ1n) is 1.31. The third kappa shape index (κ3) is 211000. The maximum Gasteiger partial charge on any atom is 1.00 e. The molecular formula is CH42Na2O27S. The Morgan fingerprint density at radius 3 is 0.419 bits per heavy atom. The van der Waals surface area contributed by atoms with Gasteiger partial charge in [0.1, 0.15) is 0 Å². The van der Waals surface area contributed by atoms with Gasteiger partial charge in [0.2, 0.25) is 0 Å². The maximum atomic E-state index is 8.74. The molecule has 216 valence electrons. The van der Waals surface area contributed by atoms with Crippen molar-refractivity contribution in [3.63, 3.8) is 0 Å². The van der Waals surface area contributed by atoms with Crippen LogP contribution in [0.4, 0.5) is 4.79 Å². The van der Waals surface area contributed by atoms with E-state index in [9.17, 15) is 0 Å². The molecule has 0 unspecified atom stereocenters. The van der Waals surface area contributed by atoms with Gasteiger partial charge in [-0.25, -0.2) is 0 Å². The fourth-order valence-corrected chi connectivity index (χ4v) is 0. The van der Waals surface area contributed by atoms with E-state index in [1.54, 1.807) is 0 Å². The van der Waals surface area contributed by atoms with Crippen molar-refractivity contribution in [2.45, 2.75) is 0 Å². The summed E-state index contributed by atoms with van der Waals surface area (Å²) in [7, 11) is -4.67. The molecule has 0 saturated carbocycles. The summed E-state index contributed by atoms with van der Waals surface area (Å²) >= 11 is 0. The van der Waals surface area contributed by atoms with Gasteiger partial charge in [0.25, 0.3) is 0 Å². The Balaban J connectivity index is -0.000000000843. The van der Waals surface area contributed by atoms with Crippen LogP contribution in [-0.4, -0.2) is 133 Å². The van der Waals surface area contributed by atoms with Crippen LogP contribution in [-0.2, 0) is 10.4 Å². The van der Waals surface area contributed by atoms with Gasteiger partial charge in [0.15, 0.2) is 0 Å². The zero-order chi connectivity index (χ0) is 8.08. The molecule has 42 N–H and O–H groups in total. The van der Waals surface area contributed by atoms with Crippen molar-refractivity contribution in [2.75, 3.05) is 0 Å². The zero-order valence-corrected chi connectivity index (χ0v) is 20.7. The summed E-state index contributed by atoms with van der Waals surface area (Å²) in [6, 6.07) is 0. The van der Waals surface area contributed by atoms with E-state index in [4.69, 9.17) is 32.5 Å². The number of carbonyl (C=O) groups excluding carboxylic acids is 1. The van der Waals surface area contributed by atoms with Crippen LogP contribution in [0.15, 0.2) is 0 Å². The largest absolute Gasteiger partial charge is 1.00 e. The summed E-state index contributed by atoms with van der Waals surface area (Å²) in [6.45, 7) is 0. The molecule has 0 spiro atoms. The summed E-state index contributed by atoms with van der Waals surface area (Å²) in [5.41, 5.74) is 0. The number of hydrogen-bond donors (Lipinski definition) is 2. The van der Waals surface area contributed by atoms with Gasteiger partial charge in [0.05, 0.1) is 0 Å². The predicted octanol–water partition coefficient (Wildman–Crippen LogP) is -25.6. The monoisotopic (exact) mass is 564 g/mol. The first-order chi connectivity index (χ1) is 3.73. The van der Waals surface area contributed by atoms with E-state index in [1.807, 2.05) is 0 Å². The van der Waals surface area contributed by atoms with Crippen molar-refractivity contribution in [1.29, 1.82) is 0 Å². The minimum Gasteiger partial charge on any atom is -0.652 e. The molecule has 0 rings (SSSR count). The topological polar surface area (TPSA) is 768 Å². The van der Waals surface area contributed by atoms with Gasteiger partial charge in [-0.2, -0.15) is 8.42 Å². The first kappa shape index (κ1) is 535. The standard InChI is InChI=1S/CH2O3.2Na.H2O4S.20H2O/c2-1(3)4;;;1-5(2,3)4;;;;;;;;;;;;;;;;;;;;/h(H2,2,3,4);;;(H2,1,2,3,4);20*1H2/q;2*+1;;;;;;;;;;;;;;;;;;;;;/p-2. The van der Waals surface area contributed by atoms with E-state index in [0.717, 1.165) is 0 Å². The van der Waals surface area contributed by atoms with Crippen LogP contribution in [0.3, 0.4) is 0 Å². The van der Waals surface area contributed by atoms with Crippen LogP contribution in [0, 0.1) is 0 Å². The molecule has 0 atom stereocenters. The number of hydrogen-bond acceptors (Lipinski definition) is 5. The summed E-state index contributed by atoms with van der Waals surface area (Å²) in [6.07, 6.45) is -2.33. The molecule has 0 aromatic heterocycles. The van der Waals surface area contributed by atoms with Crippen molar-refractivity contribution in [1.82, 2.24) is 0 Å². The fourth-order valence-electron chi connectivity index (χ4n) is 0. The summed E-state index contributed by atoms with van der Waals surface area (Å²) < 4.78 is 31.6. The van der Waals surface area contributed by atoms with Gasteiger partial charge in [-0.05, 0) is 6.16 Å². The molecule has 31 heavy (non-hydrogen) atoms. The van der Waals surface area contributed by atoms with Crippen LogP contribution in [0.1, 0.15) is 0 Å². The molecular weight excluding hydrogens is 522 g/mol. The molecule has 0 amide bonds.